The average molecular weight is 357 g/mol. The highest BCUT2D eigenvalue weighted by molar-refractivity contribution is 5.97. The van der Waals surface area contributed by atoms with Crippen LogP contribution in [0.4, 0.5) is 18.9 Å². The lowest BCUT2D eigenvalue weighted by Gasteiger charge is -2.35. The summed E-state index contributed by atoms with van der Waals surface area (Å²) in [7, 11) is 1.54. The summed E-state index contributed by atoms with van der Waals surface area (Å²) in [6.45, 7) is 1.69. The fourth-order valence-electron chi connectivity index (χ4n) is 3.01. The van der Waals surface area contributed by atoms with Gasteiger partial charge in [0.1, 0.15) is 5.52 Å². The molecule has 2 N–H and O–H groups in total. The van der Waals surface area contributed by atoms with Crippen LogP contribution in [0.2, 0.25) is 0 Å². The second kappa shape index (κ2) is 6.64. The number of nitrogens with zero attached hydrogens (tertiary/aromatic N) is 1. The van der Waals surface area contributed by atoms with Crippen molar-refractivity contribution in [2.45, 2.75) is 19.0 Å². The van der Waals surface area contributed by atoms with Crippen LogP contribution in [0.25, 0.3) is 11.1 Å². The summed E-state index contributed by atoms with van der Waals surface area (Å²) in [5, 5.41) is 5.96. The number of hydrogen-bond donors (Lipinski definition) is 2. The quantitative estimate of drug-likeness (QED) is 0.880. The second-order valence-corrected chi connectivity index (χ2v) is 6.12. The molecule has 0 radical (unpaired) electrons. The zero-order chi connectivity index (χ0) is 18.1. The molecule has 3 rings (SSSR count). The molecule has 1 saturated heterocycles. The number of rotatable bonds is 4. The van der Waals surface area contributed by atoms with Gasteiger partial charge in [0.15, 0.2) is 5.58 Å². The van der Waals surface area contributed by atoms with Crippen molar-refractivity contribution in [3.63, 3.8) is 0 Å². The number of carbonyl (C=O) groups excluding carboxylic acids is 1. The van der Waals surface area contributed by atoms with Crippen LogP contribution in [-0.2, 0) is 15.7 Å². The van der Waals surface area contributed by atoms with Gasteiger partial charge in [-0.2, -0.15) is 13.2 Å². The summed E-state index contributed by atoms with van der Waals surface area (Å²) in [6, 6.07) is 4.22. The second-order valence-electron chi connectivity index (χ2n) is 6.12. The Bertz CT molecular complexity index is 761. The van der Waals surface area contributed by atoms with Gasteiger partial charge in [-0.15, -0.1) is 0 Å². The van der Waals surface area contributed by atoms with Crippen molar-refractivity contribution >= 4 is 22.7 Å². The van der Waals surface area contributed by atoms with Crippen molar-refractivity contribution in [2.24, 2.45) is 5.41 Å². The predicted octanol–water partition coefficient (Wildman–Crippen LogP) is 2.80. The highest BCUT2D eigenvalue weighted by Crippen LogP contribution is 2.33. The van der Waals surface area contributed by atoms with Crippen LogP contribution in [0.1, 0.15) is 18.7 Å². The molecule has 136 valence electrons. The fraction of sp³-hybridized carbons (Fsp3) is 0.500. The van der Waals surface area contributed by atoms with Crippen molar-refractivity contribution in [3.8, 4) is 0 Å². The van der Waals surface area contributed by atoms with E-state index in [1.54, 1.807) is 0 Å². The van der Waals surface area contributed by atoms with Gasteiger partial charge in [0, 0.05) is 12.8 Å². The lowest BCUT2D eigenvalue weighted by atomic mass is 9.78. The third kappa shape index (κ3) is 3.62. The van der Waals surface area contributed by atoms with Gasteiger partial charge in [-0.25, -0.2) is 4.98 Å². The first kappa shape index (κ1) is 17.7. The fourth-order valence-corrected chi connectivity index (χ4v) is 3.01. The maximum atomic E-state index is 12.7. The lowest BCUT2D eigenvalue weighted by Crippen LogP contribution is -2.47. The number of piperidine rings is 1. The molecule has 0 aliphatic carbocycles. The van der Waals surface area contributed by atoms with E-state index in [1.807, 2.05) is 0 Å². The molecular formula is C16H18F3N3O3. The highest BCUT2D eigenvalue weighted by atomic mass is 19.4. The Morgan fingerprint density at radius 1 is 1.40 bits per heavy atom. The number of oxazole rings is 1. The molecule has 6 nitrogen and oxygen atoms in total. The molecule has 1 amide bonds. The van der Waals surface area contributed by atoms with Gasteiger partial charge in [-0.3, -0.25) is 4.79 Å². The van der Waals surface area contributed by atoms with Crippen molar-refractivity contribution in [3.05, 3.63) is 24.1 Å². The molecule has 25 heavy (non-hydrogen) atoms. The van der Waals surface area contributed by atoms with Crippen LogP contribution in [-0.4, -0.2) is 37.7 Å². The molecule has 2 aromatic rings. The number of methoxy groups -OCH3 is 1. The minimum absolute atomic E-state index is 0.0128. The van der Waals surface area contributed by atoms with Crippen LogP contribution in [0.15, 0.2) is 22.6 Å². The van der Waals surface area contributed by atoms with E-state index in [1.165, 1.54) is 25.3 Å². The number of fused-ring (bicyclic) bond motifs is 1. The average Bonchev–Trinajstić information content (AvgIpc) is 2.99. The van der Waals surface area contributed by atoms with E-state index in [4.69, 9.17) is 9.15 Å². The molecule has 1 aliphatic rings. The summed E-state index contributed by atoms with van der Waals surface area (Å²) >= 11 is 0. The SMILES string of the molecule is COCC1(C(=O)Nc2ccc3oc(C(F)(F)F)nc3c2)CCNCC1. The Kier molecular flexibility index (Phi) is 4.70. The van der Waals surface area contributed by atoms with Crippen LogP contribution in [0.3, 0.4) is 0 Å². The third-order valence-corrected chi connectivity index (χ3v) is 4.35. The number of hydrogen-bond acceptors (Lipinski definition) is 5. The molecule has 9 heteroatoms. The Morgan fingerprint density at radius 3 is 2.76 bits per heavy atom. The minimum Gasteiger partial charge on any atom is -0.433 e. The summed E-state index contributed by atoms with van der Waals surface area (Å²) in [4.78, 5) is 16.2. The predicted molar refractivity (Wildman–Crippen MR) is 84.1 cm³/mol. The van der Waals surface area contributed by atoms with Crippen LogP contribution in [0, 0.1) is 5.41 Å². The summed E-state index contributed by atoms with van der Waals surface area (Å²) in [6.07, 6.45) is -3.41. The van der Waals surface area contributed by atoms with Gasteiger partial charge in [0.2, 0.25) is 5.91 Å². The van der Waals surface area contributed by atoms with Crippen LogP contribution < -0.4 is 10.6 Å². The molecular weight excluding hydrogens is 339 g/mol. The molecule has 0 bridgehead atoms. The van der Waals surface area contributed by atoms with Crippen LogP contribution in [0.5, 0.6) is 0 Å². The number of carbonyl (C=O) groups is 1. The maximum absolute atomic E-state index is 12.7. The molecule has 0 unspecified atom stereocenters. The number of ether oxygens (including phenoxy) is 1. The third-order valence-electron chi connectivity index (χ3n) is 4.35. The Balaban J connectivity index is 1.82. The molecule has 1 aromatic heterocycles. The topological polar surface area (TPSA) is 76.4 Å². The first-order chi connectivity index (χ1) is 11.8. The molecule has 0 saturated carbocycles. The van der Waals surface area contributed by atoms with Crippen molar-refractivity contribution < 1.29 is 27.1 Å². The van der Waals surface area contributed by atoms with Gasteiger partial charge in [-0.05, 0) is 44.1 Å². The zero-order valence-electron chi connectivity index (χ0n) is 13.6. The minimum atomic E-state index is -4.65. The number of amides is 1. The molecule has 1 aliphatic heterocycles. The first-order valence-electron chi connectivity index (χ1n) is 7.83. The van der Waals surface area contributed by atoms with Gasteiger partial charge >= 0.3 is 12.1 Å². The number of nitrogens with one attached hydrogen (secondary N) is 2. The Morgan fingerprint density at radius 2 is 2.12 bits per heavy atom. The van der Waals surface area contributed by atoms with E-state index < -0.39 is 17.5 Å². The Labute approximate surface area is 141 Å². The van der Waals surface area contributed by atoms with E-state index in [-0.39, 0.29) is 23.6 Å². The zero-order valence-corrected chi connectivity index (χ0v) is 13.6. The van der Waals surface area contributed by atoms with Gasteiger partial charge < -0.3 is 19.8 Å². The number of aromatic nitrogens is 1. The number of alkyl halides is 3. The normalized spacial score (nSPS) is 17.6. The number of anilines is 1. The molecule has 1 aromatic carbocycles. The maximum Gasteiger partial charge on any atom is 0.468 e. The van der Waals surface area contributed by atoms with E-state index in [0.717, 1.165) is 0 Å². The standard InChI is InChI=1S/C16H18F3N3O3/c1-24-9-15(4-6-20-7-5-15)13(23)21-10-2-3-12-11(8-10)22-14(25-12)16(17,18)19/h2-3,8,20H,4-7,9H2,1H3,(H,21,23). The lowest BCUT2D eigenvalue weighted by molar-refractivity contribution is -0.156. The largest absolute Gasteiger partial charge is 0.468 e. The summed E-state index contributed by atoms with van der Waals surface area (Å²) in [5.74, 6) is -1.52. The first-order valence-corrected chi connectivity index (χ1v) is 7.83. The Hall–Kier alpha value is -2.13. The van der Waals surface area contributed by atoms with Gasteiger partial charge in [0.05, 0.1) is 12.0 Å². The molecule has 2 heterocycles. The van der Waals surface area contributed by atoms with Crippen molar-refractivity contribution in [2.75, 3.05) is 32.1 Å². The van der Waals surface area contributed by atoms with Crippen LogP contribution >= 0.6 is 0 Å². The van der Waals surface area contributed by atoms with Crippen molar-refractivity contribution in [1.82, 2.24) is 10.3 Å². The molecule has 1 fully saturated rings. The highest BCUT2D eigenvalue weighted by Gasteiger charge is 2.40. The summed E-state index contributed by atoms with van der Waals surface area (Å²) < 4.78 is 47.9. The number of halogens is 3. The number of benzene rings is 1. The van der Waals surface area contributed by atoms with E-state index in [9.17, 15) is 18.0 Å². The van der Waals surface area contributed by atoms with E-state index in [2.05, 4.69) is 15.6 Å². The monoisotopic (exact) mass is 357 g/mol. The van der Waals surface area contributed by atoms with Gasteiger partial charge in [0.25, 0.3) is 0 Å². The van der Waals surface area contributed by atoms with Crippen molar-refractivity contribution in [1.29, 1.82) is 0 Å². The van der Waals surface area contributed by atoms with E-state index >= 15 is 0 Å². The van der Waals surface area contributed by atoms with E-state index in [0.29, 0.717) is 31.6 Å². The van der Waals surface area contributed by atoms with Gasteiger partial charge in [-0.1, -0.05) is 0 Å². The summed E-state index contributed by atoms with van der Waals surface area (Å²) in [5.41, 5.74) is -0.237. The molecule has 0 atom stereocenters. The smallest absolute Gasteiger partial charge is 0.433 e. The molecule has 0 spiro atoms.